The maximum atomic E-state index is 12.4. The fraction of sp³-hybridized carbons (Fsp3) is 0.318. The van der Waals surface area contributed by atoms with Crippen LogP contribution in [0.1, 0.15) is 28.8 Å². The number of amides is 1. The first kappa shape index (κ1) is 21.0. The topological polar surface area (TPSA) is 74.9 Å². The van der Waals surface area contributed by atoms with Gasteiger partial charge in [-0.1, -0.05) is 18.2 Å². The Kier molecular flexibility index (Phi) is 5.53. The number of likely N-dealkylation sites (tertiary alicyclic amines) is 1. The predicted molar refractivity (Wildman–Crippen MR) is 107 cm³/mol. The summed E-state index contributed by atoms with van der Waals surface area (Å²) < 4.78 is 38.8. The van der Waals surface area contributed by atoms with E-state index in [1.165, 1.54) is 0 Å². The number of β-amino-alcohol motifs (C(OH)–C–C–N with tert-alkyl or cyclic N) is 1. The summed E-state index contributed by atoms with van der Waals surface area (Å²) in [6.07, 6.45) is -3.17. The van der Waals surface area contributed by atoms with Gasteiger partial charge in [0.05, 0.1) is 24.4 Å². The predicted octanol–water partition coefficient (Wildman–Crippen LogP) is 3.27. The van der Waals surface area contributed by atoms with Crippen molar-refractivity contribution in [1.82, 2.24) is 14.3 Å². The SMILES string of the molecule is O=C(CCC(F)(F)F)Cc1cccc(-c2cnc3cc(C(=O)N4CC(O)C4)ccn23)c1. The molecule has 1 aromatic carbocycles. The van der Waals surface area contributed by atoms with Gasteiger partial charge in [0, 0.05) is 43.3 Å². The number of pyridine rings is 1. The Hall–Kier alpha value is -3.20. The molecule has 1 N–H and O–H groups in total. The summed E-state index contributed by atoms with van der Waals surface area (Å²) in [6, 6.07) is 10.4. The zero-order valence-electron chi connectivity index (χ0n) is 16.5. The highest BCUT2D eigenvalue weighted by Gasteiger charge is 2.30. The number of aromatic nitrogens is 2. The lowest BCUT2D eigenvalue weighted by molar-refractivity contribution is -0.143. The molecule has 0 atom stereocenters. The molecule has 1 fully saturated rings. The van der Waals surface area contributed by atoms with Gasteiger partial charge in [0.1, 0.15) is 11.4 Å². The number of imidazole rings is 1. The zero-order chi connectivity index (χ0) is 22.2. The molecule has 1 saturated heterocycles. The fourth-order valence-electron chi connectivity index (χ4n) is 3.57. The van der Waals surface area contributed by atoms with Gasteiger partial charge in [-0.3, -0.25) is 14.0 Å². The Bertz CT molecular complexity index is 1130. The van der Waals surface area contributed by atoms with Crippen LogP contribution in [0.3, 0.4) is 0 Å². The van der Waals surface area contributed by atoms with E-state index in [0.29, 0.717) is 29.9 Å². The van der Waals surface area contributed by atoms with Crippen LogP contribution in [0.2, 0.25) is 0 Å². The average Bonchev–Trinajstić information content (AvgIpc) is 3.12. The standard InChI is InChI=1S/C22H20F3N3O3/c23-22(24,25)6-4-17(29)9-14-2-1-3-15(8-14)19-11-26-20-10-16(5-7-28(19)20)21(31)27-12-18(30)13-27/h1-3,5,7-8,10-11,18,30H,4,6,9,12-13H2. The number of hydrogen-bond acceptors (Lipinski definition) is 4. The molecule has 162 valence electrons. The maximum Gasteiger partial charge on any atom is 0.389 e. The highest BCUT2D eigenvalue weighted by Crippen LogP contribution is 2.25. The summed E-state index contributed by atoms with van der Waals surface area (Å²) >= 11 is 0. The van der Waals surface area contributed by atoms with Crippen LogP contribution < -0.4 is 0 Å². The number of carbonyl (C=O) groups is 2. The first-order valence-electron chi connectivity index (χ1n) is 9.82. The van der Waals surface area contributed by atoms with Crippen molar-refractivity contribution in [3.63, 3.8) is 0 Å². The second kappa shape index (κ2) is 8.14. The third kappa shape index (κ3) is 4.77. The number of aliphatic hydroxyl groups is 1. The summed E-state index contributed by atoms with van der Waals surface area (Å²) in [6.45, 7) is 0.635. The van der Waals surface area contributed by atoms with E-state index in [1.807, 2.05) is 6.07 Å². The lowest BCUT2D eigenvalue weighted by Crippen LogP contribution is -2.53. The van der Waals surface area contributed by atoms with Crippen LogP contribution in [0.15, 0.2) is 48.8 Å². The van der Waals surface area contributed by atoms with Gasteiger partial charge >= 0.3 is 6.18 Å². The van der Waals surface area contributed by atoms with Gasteiger partial charge in [-0.05, 0) is 23.8 Å². The molecule has 0 saturated carbocycles. The number of rotatable bonds is 6. The molecule has 3 heterocycles. The second-order valence-corrected chi connectivity index (χ2v) is 7.68. The van der Waals surface area contributed by atoms with E-state index in [-0.39, 0.29) is 12.3 Å². The van der Waals surface area contributed by atoms with Crippen molar-refractivity contribution in [3.8, 4) is 11.3 Å². The number of ketones is 1. The molecular weight excluding hydrogens is 411 g/mol. The third-order valence-electron chi connectivity index (χ3n) is 5.22. The van der Waals surface area contributed by atoms with Crippen LogP contribution in [-0.2, 0) is 11.2 Å². The molecule has 0 bridgehead atoms. The molecule has 1 aliphatic rings. The number of fused-ring (bicyclic) bond motifs is 1. The van der Waals surface area contributed by atoms with E-state index in [1.54, 1.807) is 52.0 Å². The summed E-state index contributed by atoms with van der Waals surface area (Å²) in [5.41, 5.74) is 3.16. The van der Waals surface area contributed by atoms with Gasteiger partial charge in [0.25, 0.3) is 5.91 Å². The molecule has 0 spiro atoms. The van der Waals surface area contributed by atoms with Crippen LogP contribution in [0.5, 0.6) is 0 Å². The van der Waals surface area contributed by atoms with Crippen LogP contribution in [0.25, 0.3) is 16.9 Å². The van der Waals surface area contributed by atoms with Crippen molar-refractivity contribution in [2.45, 2.75) is 31.5 Å². The van der Waals surface area contributed by atoms with E-state index in [0.717, 1.165) is 11.3 Å². The van der Waals surface area contributed by atoms with Crippen molar-refractivity contribution >= 4 is 17.3 Å². The smallest absolute Gasteiger partial charge is 0.389 e. The van der Waals surface area contributed by atoms with Gasteiger partial charge < -0.3 is 10.0 Å². The van der Waals surface area contributed by atoms with Gasteiger partial charge in [-0.25, -0.2) is 4.98 Å². The Labute approximate surface area is 175 Å². The molecule has 9 heteroatoms. The highest BCUT2D eigenvalue weighted by molar-refractivity contribution is 5.95. The maximum absolute atomic E-state index is 12.4. The number of nitrogens with zero attached hydrogens (tertiary/aromatic N) is 3. The first-order chi connectivity index (χ1) is 14.7. The zero-order valence-corrected chi connectivity index (χ0v) is 16.5. The van der Waals surface area contributed by atoms with Gasteiger partial charge in [0.2, 0.25) is 0 Å². The molecule has 1 amide bonds. The fourth-order valence-corrected chi connectivity index (χ4v) is 3.57. The molecule has 4 rings (SSSR count). The molecule has 6 nitrogen and oxygen atoms in total. The van der Waals surface area contributed by atoms with Crippen molar-refractivity contribution in [1.29, 1.82) is 0 Å². The van der Waals surface area contributed by atoms with Gasteiger partial charge in [-0.15, -0.1) is 0 Å². The van der Waals surface area contributed by atoms with E-state index < -0.39 is 30.9 Å². The highest BCUT2D eigenvalue weighted by atomic mass is 19.4. The van der Waals surface area contributed by atoms with Crippen molar-refractivity contribution < 1.29 is 27.9 Å². The molecule has 31 heavy (non-hydrogen) atoms. The molecular formula is C22H20F3N3O3. The van der Waals surface area contributed by atoms with Crippen molar-refractivity contribution in [3.05, 3.63) is 59.9 Å². The van der Waals surface area contributed by atoms with Gasteiger partial charge in [0.15, 0.2) is 0 Å². The van der Waals surface area contributed by atoms with Crippen LogP contribution in [0.4, 0.5) is 13.2 Å². The lowest BCUT2D eigenvalue weighted by atomic mass is 10.0. The van der Waals surface area contributed by atoms with Crippen molar-refractivity contribution in [2.75, 3.05) is 13.1 Å². The Balaban J connectivity index is 1.52. The number of alkyl halides is 3. The Morgan fingerprint density at radius 1 is 1.16 bits per heavy atom. The summed E-state index contributed by atoms with van der Waals surface area (Å²) in [5.74, 6) is -0.636. The molecule has 3 aromatic rings. The van der Waals surface area contributed by atoms with E-state index in [9.17, 15) is 27.9 Å². The van der Waals surface area contributed by atoms with E-state index in [4.69, 9.17) is 0 Å². The molecule has 0 radical (unpaired) electrons. The number of hydrogen-bond donors (Lipinski definition) is 1. The molecule has 1 aliphatic heterocycles. The minimum absolute atomic E-state index is 0.0685. The second-order valence-electron chi connectivity index (χ2n) is 7.68. The number of halogens is 3. The number of benzene rings is 1. The Morgan fingerprint density at radius 2 is 1.94 bits per heavy atom. The number of Topliss-reactive ketones (excluding diaryl/α,β-unsaturated/α-hetero) is 1. The Morgan fingerprint density at radius 3 is 2.65 bits per heavy atom. The lowest BCUT2D eigenvalue weighted by Gasteiger charge is -2.35. The monoisotopic (exact) mass is 431 g/mol. The normalized spacial score (nSPS) is 14.6. The van der Waals surface area contributed by atoms with Crippen LogP contribution >= 0.6 is 0 Å². The molecule has 0 aliphatic carbocycles. The summed E-state index contributed by atoms with van der Waals surface area (Å²) in [5, 5.41) is 9.38. The van der Waals surface area contributed by atoms with E-state index >= 15 is 0 Å². The minimum atomic E-state index is -4.34. The van der Waals surface area contributed by atoms with Crippen LogP contribution in [0, 0.1) is 0 Å². The quantitative estimate of drug-likeness (QED) is 0.650. The molecule has 2 aromatic heterocycles. The van der Waals surface area contributed by atoms with Crippen molar-refractivity contribution in [2.24, 2.45) is 0 Å². The number of carbonyl (C=O) groups excluding carboxylic acids is 2. The summed E-state index contributed by atoms with van der Waals surface area (Å²) in [4.78, 5) is 30.2. The average molecular weight is 431 g/mol. The van der Waals surface area contributed by atoms with Gasteiger partial charge in [-0.2, -0.15) is 13.2 Å². The third-order valence-corrected chi connectivity index (χ3v) is 5.22. The van der Waals surface area contributed by atoms with E-state index in [2.05, 4.69) is 4.98 Å². The largest absolute Gasteiger partial charge is 0.389 e. The summed E-state index contributed by atoms with van der Waals surface area (Å²) in [7, 11) is 0. The minimum Gasteiger partial charge on any atom is -0.389 e. The first-order valence-corrected chi connectivity index (χ1v) is 9.82. The molecule has 0 unspecified atom stereocenters. The van der Waals surface area contributed by atoms with Crippen LogP contribution in [-0.4, -0.2) is 56.5 Å². The number of aliphatic hydroxyl groups excluding tert-OH is 1.